The van der Waals surface area contributed by atoms with Crippen LogP contribution in [0.25, 0.3) is 0 Å². The summed E-state index contributed by atoms with van der Waals surface area (Å²) in [4.78, 5) is 28.4. The highest BCUT2D eigenvalue weighted by molar-refractivity contribution is 6.03. The van der Waals surface area contributed by atoms with Crippen LogP contribution >= 0.6 is 0 Å². The molecular formula is C24H27F3N2O3. The second-order valence-corrected chi connectivity index (χ2v) is 8.81. The first-order valence-corrected chi connectivity index (χ1v) is 11.0. The number of fused-ring (bicyclic) bond motifs is 1. The number of amides is 1. The Labute approximate surface area is 185 Å². The zero-order chi connectivity index (χ0) is 22.9. The average Bonchev–Trinajstić information content (AvgIpc) is 3.31. The van der Waals surface area contributed by atoms with Crippen LogP contribution in [0.15, 0.2) is 34.7 Å². The number of alkyl halides is 3. The Morgan fingerprint density at radius 1 is 1.22 bits per heavy atom. The van der Waals surface area contributed by atoms with Crippen LogP contribution < -0.4 is 0 Å². The summed E-state index contributed by atoms with van der Waals surface area (Å²) < 4.78 is 45.6. The van der Waals surface area contributed by atoms with E-state index in [0.29, 0.717) is 42.7 Å². The van der Waals surface area contributed by atoms with Crippen molar-refractivity contribution in [1.82, 2.24) is 9.80 Å². The molecule has 4 rings (SSSR count). The van der Waals surface area contributed by atoms with Crippen molar-refractivity contribution in [1.29, 1.82) is 0 Å². The molecule has 1 aromatic heterocycles. The molecule has 2 heterocycles. The highest BCUT2D eigenvalue weighted by Crippen LogP contribution is 2.31. The van der Waals surface area contributed by atoms with Crippen molar-refractivity contribution in [3.63, 3.8) is 0 Å². The number of halogens is 3. The fourth-order valence-electron chi connectivity index (χ4n) is 4.79. The molecule has 2 aromatic rings. The van der Waals surface area contributed by atoms with E-state index in [9.17, 15) is 22.8 Å². The third kappa shape index (κ3) is 5.06. The van der Waals surface area contributed by atoms with E-state index in [4.69, 9.17) is 4.42 Å². The summed E-state index contributed by atoms with van der Waals surface area (Å²) in [7, 11) is 0. The van der Waals surface area contributed by atoms with Gasteiger partial charge in [-0.05, 0) is 37.8 Å². The predicted molar refractivity (Wildman–Crippen MR) is 112 cm³/mol. The van der Waals surface area contributed by atoms with Gasteiger partial charge < -0.3 is 9.32 Å². The minimum absolute atomic E-state index is 0.00237. The first-order valence-electron chi connectivity index (χ1n) is 11.0. The summed E-state index contributed by atoms with van der Waals surface area (Å²) in [5, 5.41) is 0. The molecule has 1 amide bonds. The van der Waals surface area contributed by atoms with E-state index in [-0.39, 0.29) is 24.0 Å². The topological polar surface area (TPSA) is 53.8 Å². The molecular weight excluding hydrogens is 421 g/mol. The standard InChI is InChI=1S/C24H27F3N2O3/c1-16-21-19(30)8-5-9-20(21)32-22(16)23(31)29(15-24(25,26)27)14-18-10-11-28(13-18)12-17-6-3-2-4-7-17/h2-4,6-7,18H,5,8-15H2,1H3. The smallest absolute Gasteiger partial charge is 0.406 e. The van der Waals surface area contributed by atoms with Crippen LogP contribution in [0.5, 0.6) is 0 Å². The van der Waals surface area contributed by atoms with Crippen LogP contribution in [0.3, 0.4) is 0 Å². The lowest BCUT2D eigenvalue weighted by Gasteiger charge is -2.26. The van der Waals surface area contributed by atoms with Gasteiger partial charge in [-0.25, -0.2) is 0 Å². The summed E-state index contributed by atoms with van der Waals surface area (Å²) in [6.07, 6.45) is -2.29. The molecule has 0 bridgehead atoms. The zero-order valence-electron chi connectivity index (χ0n) is 18.1. The van der Waals surface area contributed by atoms with Crippen LogP contribution in [0.4, 0.5) is 13.2 Å². The Morgan fingerprint density at radius 3 is 2.66 bits per heavy atom. The van der Waals surface area contributed by atoms with Gasteiger partial charge in [-0.3, -0.25) is 14.5 Å². The van der Waals surface area contributed by atoms with Crippen LogP contribution in [0.1, 0.15) is 57.1 Å². The Hall–Kier alpha value is -2.61. The molecule has 8 heteroatoms. The van der Waals surface area contributed by atoms with Gasteiger partial charge in [0.15, 0.2) is 11.5 Å². The van der Waals surface area contributed by atoms with E-state index in [1.165, 1.54) is 0 Å². The molecule has 0 radical (unpaired) electrons. The number of hydrogen-bond donors (Lipinski definition) is 0. The molecule has 1 aliphatic carbocycles. The number of furan rings is 1. The number of Topliss-reactive ketones (excluding diaryl/α,β-unsaturated/α-hetero) is 1. The number of likely N-dealkylation sites (tertiary alicyclic amines) is 1. The number of rotatable bonds is 6. The summed E-state index contributed by atoms with van der Waals surface area (Å²) >= 11 is 0. The van der Waals surface area contributed by atoms with Gasteiger partial charge in [0.1, 0.15) is 12.3 Å². The number of nitrogens with zero attached hydrogens (tertiary/aromatic N) is 2. The van der Waals surface area contributed by atoms with Gasteiger partial charge in [-0.2, -0.15) is 13.2 Å². The van der Waals surface area contributed by atoms with E-state index >= 15 is 0 Å². The van der Waals surface area contributed by atoms with Crippen LogP contribution in [-0.4, -0.2) is 53.8 Å². The van der Waals surface area contributed by atoms with Crippen LogP contribution in [0, 0.1) is 12.8 Å². The Kier molecular flexibility index (Phi) is 6.42. The number of ketones is 1. The first-order chi connectivity index (χ1) is 15.2. The van der Waals surface area contributed by atoms with E-state index in [2.05, 4.69) is 4.90 Å². The summed E-state index contributed by atoms with van der Waals surface area (Å²) in [6.45, 7) is 2.39. The normalized spacial score (nSPS) is 19.2. The monoisotopic (exact) mass is 448 g/mol. The van der Waals surface area contributed by atoms with Gasteiger partial charge in [0, 0.05) is 38.0 Å². The lowest BCUT2D eigenvalue weighted by molar-refractivity contribution is -0.141. The fourth-order valence-corrected chi connectivity index (χ4v) is 4.79. The number of carbonyl (C=O) groups excluding carboxylic acids is 2. The van der Waals surface area contributed by atoms with Crippen LogP contribution in [0.2, 0.25) is 0 Å². The third-order valence-electron chi connectivity index (χ3n) is 6.26. The molecule has 1 atom stereocenters. The highest BCUT2D eigenvalue weighted by Gasteiger charge is 2.38. The van der Waals surface area contributed by atoms with Crippen molar-refractivity contribution in [2.24, 2.45) is 5.92 Å². The van der Waals surface area contributed by atoms with Crippen LogP contribution in [-0.2, 0) is 13.0 Å². The van der Waals surface area contributed by atoms with Crippen molar-refractivity contribution in [2.45, 2.75) is 45.3 Å². The Morgan fingerprint density at radius 2 is 1.97 bits per heavy atom. The second-order valence-electron chi connectivity index (χ2n) is 8.81. The van der Waals surface area contributed by atoms with Gasteiger partial charge in [-0.1, -0.05) is 30.3 Å². The molecule has 2 aliphatic rings. The van der Waals surface area contributed by atoms with Crippen molar-refractivity contribution in [2.75, 3.05) is 26.2 Å². The maximum atomic E-state index is 13.3. The number of aryl methyl sites for hydroxylation is 1. The highest BCUT2D eigenvalue weighted by atomic mass is 19.4. The minimum Gasteiger partial charge on any atom is -0.455 e. The minimum atomic E-state index is -4.52. The maximum absolute atomic E-state index is 13.3. The van der Waals surface area contributed by atoms with Gasteiger partial charge in [0.05, 0.1) is 5.56 Å². The third-order valence-corrected chi connectivity index (χ3v) is 6.26. The maximum Gasteiger partial charge on any atom is 0.406 e. The van der Waals surface area contributed by atoms with Crippen molar-refractivity contribution >= 4 is 11.7 Å². The van der Waals surface area contributed by atoms with Gasteiger partial charge in [0.25, 0.3) is 5.91 Å². The van der Waals surface area contributed by atoms with Gasteiger partial charge in [-0.15, -0.1) is 0 Å². The lowest BCUT2D eigenvalue weighted by atomic mass is 9.94. The molecule has 0 saturated carbocycles. The number of carbonyl (C=O) groups is 2. The molecule has 0 spiro atoms. The average molecular weight is 448 g/mol. The van der Waals surface area contributed by atoms with E-state index in [1.54, 1.807) is 6.92 Å². The molecule has 1 unspecified atom stereocenters. The van der Waals surface area contributed by atoms with Crippen molar-refractivity contribution in [3.8, 4) is 0 Å². The number of hydrogen-bond acceptors (Lipinski definition) is 4. The summed E-state index contributed by atoms with van der Waals surface area (Å²) in [6, 6.07) is 9.91. The molecule has 1 saturated heterocycles. The second kappa shape index (κ2) is 9.10. The molecule has 1 aliphatic heterocycles. The SMILES string of the molecule is Cc1c(C(=O)N(CC2CCN(Cc3ccccc3)C2)CC(F)(F)F)oc2c1C(=O)CCC2. The fraction of sp³-hybridized carbons (Fsp3) is 0.500. The summed E-state index contributed by atoms with van der Waals surface area (Å²) in [5.74, 6) is -0.668. The molecule has 172 valence electrons. The molecule has 1 fully saturated rings. The first kappa shape index (κ1) is 22.6. The molecule has 5 nitrogen and oxygen atoms in total. The van der Waals surface area contributed by atoms with Crippen molar-refractivity contribution < 1.29 is 27.2 Å². The molecule has 0 N–H and O–H groups in total. The molecule has 32 heavy (non-hydrogen) atoms. The van der Waals surface area contributed by atoms with Gasteiger partial charge in [0.2, 0.25) is 0 Å². The van der Waals surface area contributed by atoms with E-state index in [0.717, 1.165) is 30.0 Å². The number of benzene rings is 1. The quantitative estimate of drug-likeness (QED) is 0.647. The van der Waals surface area contributed by atoms with Gasteiger partial charge >= 0.3 is 6.18 Å². The van der Waals surface area contributed by atoms with Crippen molar-refractivity contribution in [3.05, 3.63) is 58.5 Å². The summed E-state index contributed by atoms with van der Waals surface area (Å²) in [5.41, 5.74) is 1.89. The Balaban J connectivity index is 1.48. The zero-order valence-corrected chi connectivity index (χ0v) is 18.1. The van der Waals surface area contributed by atoms with E-state index in [1.807, 2.05) is 30.3 Å². The molecule has 1 aromatic carbocycles. The van der Waals surface area contributed by atoms with E-state index < -0.39 is 18.6 Å². The lowest BCUT2D eigenvalue weighted by Crippen LogP contribution is -2.42. The largest absolute Gasteiger partial charge is 0.455 e. The Bertz CT molecular complexity index is 984. The predicted octanol–water partition coefficient (Wildman–Crippen LogP) is 4.63.